The molecule has 0 saturated heterocycles. The highest BCUT2D eigenvalue weighted by Gasteiger charge is 2.06. The molecular formula is C20H18N2O3. The van der Waals surface area contributed by atoms with Crippen LogP contribution in [0.3, 0.4) is 0 Å². The maximum absolute atomic E-state index is 12.1. The fraction of sp³-hybridized carbons (Fsp3) is 0.100. The number of benzene rings is 2. The Morgan fingerprint density at radius 2 is 1.80 bits per heavy atom. The molecule has 0 saturated carbocycles. The molecule has 3 aromatic rings. The quantitative estimate of drug-likeness (QED) is 0.547. The summed E-state index contributed by atoms with van der Waals surface area (Å²) in [6.07, 6.45) is 1.56. The minimum atomic E-state index is -0.291. The summed E-state index contributed by atoms with van der Waals surface area (Å²) in [5.41, 5.74) is 4.70. The highest BCUT2D eigenvalue weighted by Crippen LogP contribution is 2.14. The summed E-state index contributed by atoms with van der Waals surface area (Å²) in [7, 11) is 0. The second-order valence-corrected chi connectivity index (χ2v) is 5.41. The predicted octanol–water partition coefficient (Wildman–Crippen LogP) is 4.01. The molecule has 0 fully saturated rings. The van der Waals surface area contributed by atoms with Crippen molar-refractivity contribution in [3.05, 3.63) is 89.9 Å². The van der Waals surface area contributed by atoms with E-state index in [2.05, 4.69) is 10.5 Å². The number of nitrogens with one attached hydrogen (secondary N) is 1. The van der Waals surface area contributed by atoms with Crippen LogP contribution in [0.5, 0.6) is 5.75 Å². The SMILES string of the molecule is CC(=NNC(=O)c1ccc(OCc2ccccc2)cc1)c1ccco1. The molecule has 0 unspecified atom stereocenters. The summed E-state index contributed by atoms with van der Waals surface area (Å²) in [6.45, 7) is 2.25. The first-order valence-corrected chi connectivity index (χ1v) is 7.87. The van der Waals surface area contributed by atoms with Crippen LogP contribution in [0, 0.1) is 0 Å². The molecule has 0 atom stereocenters. The average molecular weight is 334 g/mol. The van der Waals surface area contributed by atoms with E-state index < -0.39 is 0 Å². The number of ether oxygens (including phenoxy) is 1. The number of furan rings is 1. The maximum atomic E-state index is 12.1. The van der Waals surface area contributed by atoms with Crippen molar-refractivity contribution >= 4 is 11.6 Å². The average Bonchev–Trinajstić information content (AvgIpc) is 3.20. The van der Waals surface area contributed by atoms with Crippen molar-refractivity contribution in [3.8, 4) is 5.75 Å². The van der Waals surface area contributed by atoms with Crippen LogP contribution in [0.4, 0.5) is 0 Å². The Bertz CT molecular complexity index is 838. The van der Waals surface area contributed by atoms with Crippen LogP contribution >= 0.6 is 0 Å². The van der Waals surface area contributed by atoms with Crippen LogP contribution < -0.4 is 10.2 Å². The Kier molecular flexibility index (Phi) is 5.26. The van der Waals surface area contributed by atoms with Gasteiger partial charge in [-0.1, -0.05) is 30.3 Å². The molecule has 1 amide bonds. The van der Waals surface area contributed by atoms with E-state index >= 15 is 0 Å². The van der Waals surface area contributed by atoms with Gasteiger partial charge in [0.2, 0.25) is 0 Å². The first kappa shape index (κ1) is 16.5. The maximum Gasteiger partial charge on any atom is 0.271 e. The van der Waals surface area contributed by atoms with Crippen molar-refractivity contribution in [2.24, 2.45) is 5.10 Å². The Morgan fingerprint density at radius 3 is 2.48 bits per heavy atom. The highest BCUT2D eigenvalue weighted by atomic mass is 16.5. The van der Waals surface area contributed by atoms with Gasteiger partial charge >= 0.3 is 0 Å². The third kappa shape index (κ3) is 4.57. The largest absolute Gasteiger partial charge is 0.489 e. The smallest absolute Gasteiger partial charge is 0.271 e. The van der Waals surface area contributed by atoms with Crippen LogP contribution in [0.15, 0.2) is 82.5 Å². The number of amides is 1. The summed E-state index contributed by atoms with van der Waals surface area (Å²) in [5, 5.41) is 4.03. The molecule has 0 aliphatic carbocycles. The van der Waals surface area contributed by atoms with Gasteiger partial charge in [-0.05, 0) is 48.9 Å². The molecule has 1 heterocycles. The Balaban J connectivity index is 1.56. The van der Waals surface area contributed by atoms with E-state index in [1.54, 1.807) is 49.6 Å². The van der Waals surface area contributed by atoms with E-state index in [4.69, 9.17) is 9.15 Å². The Labute approximate surface area is 145 Å². The highest BCUT2D eigenvalue weighted by molar-refractivity contribution is 5.99. The molecule has 25 heavy (non-hydrogen) atoms. The number of carbonyl (C=O) groups is 1. The van der Waals surface area contributed by atoms with E-state index in [-0.39, 0.29) is 5.91 Å². The summed E-state index contributed by atoms with van der Waals surface area (Å²) in [6, 6.07) is 20.4. The number of carbonyl (C=O) groups excluding carboxylic acids is 1. The van der Waals surface area contributed by atoms with Crippen molar-refractivity contribution in [1.29, 1.82) is 0 Å². The van der Waals surface area contributed by atoms with E-state index in [0.29, 0.717) is 29.4 Å². The zero-order valence-corrected chi connectivity index (χ0v) is 13.8. The Morgan fingerprint density at radius 1 is 1.04 bits per heavy atom. The lowest BCUT2D eigenvalue weighted by atomic mass is 10.2. The van der Waals surface area contributed by atoms with Gasteiger partial charge in [0.1, 0.15) is 23.8 Å². The second kappa shape index (κ2) is 7.97. The molecule has 5 heteroatoms. The van der Waals surface area contributed by atoms with Crippen LogP contribution in [0.2, 0.25) is 0 Å². The molecule has 1 N–H and O–H groups in total. The number of rotatable bonds is 6. The molecule has 0 bridgehead atoms. The van der Waals surface area contributed by atoms with Crippen molar-refractivity contribution in [2.75, 3.05) is 0 Å². The van der Waals surface area contributed by atoms with Gasteiger partial charge in [-0.15, -0.1) is 0 Å². The molecule has 3 rings (SSSR count). The monoisotopic (exact) mass is 334 g/mol. The molecule has 5 nitrogen and oxygen atoms in total. The van der Waals surface area contributed by atoms with Gasteiger partial charge < -0.3 is 9.15 Å². The van der Waals surface area contributed by atoms with Crippen molar-refractivity contribution in [1.82, 2.24) is 5.43 Å². The zero-order chi connectivity index (χ0) is 17.5. The van der Waals surface area contributed by atoms with Gasteiger partial charge in [0, 0.05) is 5.56 Å². The molecule has 0 radical (unpaired) electrons. The fourth-order valence-electron chi connectivity index (χ4n) is 2.18. The van der Waals surface area contributed by atoms with Gasteiger partial charge in [0.05, 0.1) is 6.26 Å². The van der Waals surface area contributed by atoms with Gasteiger partial charge in [0.25, 0.3) is 5.91 Å². The fourth-order valence-corrected chi connectivity index (χ4v) is 2.18. The number of hydrogen-bond donors (Lipinski definition) is 1. The first-order chi connectivity index (χ1) is 12.2. The van der Waals surface area contributed by atoms with Crippen molar-refractivity contribution in [3.63, 3.8) is 0 Å². The topological polar surface area (TPSA) is 63.8 Å². The van der Waals surface area contributed by atoms with E-state index in [1.807, 2.05) is 30.3 Å². The van der Waals surface area contributed by atoms with Gasteiger partial charge in [-0.3, -0.25) is 4.79 Å². The first-order valence-electron chi connectivity index (χ1n) is 7.87. The number of hydrazone groups is 1. The zero-order valence-electron chi connectivity index (χ0n) is 13.8. The van der Waals surface area contributed by atoms with Crippen molar-refractivity contribution < 1.29 is 13.9 Å². The third-order valence-electron chi connectivity index (χ3n) is 3.57. The van der Waals surface area contributed by atoms with Gasteiger partial charge in [0.15, 0.2) is 0 Å². The number of nitrogens with zero attached hydrogens (tertiary/aromatic N) is 1. The van der Waals surface area contributed by atoms with E-state index in [9.17, 15) is 4.79 Å². The van der Waals surface area contributed by atoms with E-state index in [0.717, 1.165) is 5.56 Å². The molecule has 0 aliphatic heterocycles. The molecule has 1 aromatic heterocycles. The minimum Gasteiger partial charge on any atom is -0.489 e. The van der Waals surface area contributed by atoms with Crippen LogP contribution in [-0.4, -0.2) is 11.6 Å². The lowest BCUT2D eigenvalue weighted by Crippen LogP contribution is -2.19. The summed E-state index contributed by atoms with van der Waals surface area (Å²) in [4.78, 5) is 12.1. The van der Waals surface area contributed by atoms with Crippen LogP contribution in [0.25, 0.3) is 0 Å². The minimum absolute atomic E-state index is 0.291. The summed E-state index contributed by atoms with van der Waals surface area (Å²) >= 11 is 0. The number of hydrogen-bond acceptors (Lipinski definition) is 4. The Hall–Kier alpha value is -3.34. The summed E-state index contributed by atoms with van der Waals surface area (Å²) in [5.74, 6) is 1.03. The predicted molar refractivity (Wildman–Crippen MR) is 95.6 cm³/mol. The lowest BCUT2D eigenvalue weighted by Gasteiger charge is -2.07. The molecule has 0 spiro atoms. The van der Waals surface area contributed by atoms with E-state index in [1.165, 1.54) is 0 Å². The molecule has 0 aliphatic rings. The second-order valence-electron chi connectivity index (χ2n) is 5.41. The van der Waals surface area contributed by atoms with Crippen LogP contribution in [0.1, 0.15) is 28.6 Å². The van der Waals surface area contributed by atoms with Gasteiger partial charge in [-0.25, -0.2) is 5.43 Å². The van der Waals surface area contributed by atoms with Crippen LogP contribution in [-0.2, 0) is 6.61 Å². The standard InChI is InChI=1S/C20H18N2O3/c1-15(19-8-5-13-24-19)21-22-20(23)17-9-11-18(12-10-17)25-14-16-6-3-2-4-7-16/h2-13H,14H2,1H3,(H,22,23). The molecular weight excluding hydrogens is 316 g/mol. The molecule has 2 aromatic carbocycles. The van der Waals surface area contributed by atoms with Crippen molar-refractivity contribution in [2.45, 2.75) is 13.5 Å². The third-order valence-corrected chi connectivity index (χ3v) is 3.57. The normalized spacial score (nSPS) is 11.2. The molecule has 126 valence electrons. The van der Waals surface area contributed by atoms with Gasteiger partial charge in [-0.2, -0.15) is 5.10 Å². The lowest BCUT2D eigenvalue weighted by molar-refractivity contribution is 0.0954. The summed E-state index contributed by atoms with van der Waals surface area (Å²) < 4.78 is 10.9.